The number of aliphatic hydroxyl groups excluding tert-OH is 2. The van der Waals surface area contributed by atoms with E-state index in [4.69, 9.17) is 74.1 Å². The third-order valence-electron chi connectivity index (χ3n) is 23.7. The lowest BCUT2D eigenvalue weighted by atomic mass is 10.00. The zero-order valence-corrected chi connectivity index (χ0v) is 89.6. The zero-order chi connectivity index (χ0) is 97.9. The average molecular weight is 2560 g/mol. The van der Waals surface area contributed by atoms with Gasteiger partial charge in [0.05, 0.1) is 73.8 Å². The van der Waals surface area contributed by atoms with Gasteiger partial charge in [-0.05, 0) is 246 Å². The van der Waals surface area contributed by atoms with Crippen LogP contribution in [0.1, 0.15) is 138 Å². The predicted octanol–water partition coefficient (Wildman–Crippen LogP) is 21.7. The van der Waals surface area contributed by atoms with Crippen LogP contribution in [0, 0.1) is 40.9 Å². The number of aromatic nitrogens is 10. The molecule has 722 valence electrons. The van der Waals surface area contributed by atoms with Gasteiger partial charge in [-0.2, -0.15) is 0 Å². The largest absolute Gasteiger partial charge is 0.396 e. The number of benzene rings is 6. The van der Waals surface area contributed by atoms with E-state index in [2.05, 4.69) is 85.8 Å². The van der Waals surface area contributed by atoms with E-state index < -0.39 is 82.3 Å². The van der Waals surface area contributed by atoms with E-state index in [1.807, 2.05) is 92.0 Å². The molecule has 0 unspecified atom stereocenters. The Morgan fingerprint density at radius 1 is 0.438 bits per heavy atom. The number of anilines is 5. The molecule has 0 atom stereocenters. The summed E-state index contributed by atoms with van der Waals surface area (Å²) in [5.41, 5.74) is 8.44. The molecule has 6 aromatic carbocycles. The first-order chi connectivity index (χ1) is 65.0. The maximum absolute atomic E-state index is 15.2. The van der Waals surface area contributed by atoms with E-state index in [-0.39, 0.29) is 94.7 Å². The first kappa shape index (κ1) is 103. The first-order valence-corrected chi connectivity index (χ1v) is 56.7. The number of sulfonamides is 5. The molecule has 15 aromatic rings. The number of nitrogens with zero attached hydrogens (tertiary/aromatic N) is 10. The molecule has 9 heterocycles. The van der Waals surface area contributed by atoms with Gasteiger partial charge in [-0.1, -0.05) is 137 Å². The number of nitrogens with one attached hydrogen (secondary N) is 5. The van der Waals surface area contributed by atoms with Crippen LogP contribution in [0.2, 0.25) is 30.1 Å². The SMILES string of the molecule is Cc1onc2c(F)c(Cc3ccc(I)cc3F)c(NS(=O)(=O)C3CC3)cc12.O=S(=O)(Nc1cn2ccnc2c(Cl)c1Cc1ccc(Br)cc1Cl)C1(CCO)CC1.O=S(=O)(Nc1cn2ccnc2c(Cl)c1Cc1ccc(Br)cc1Cl)C1CC1.O=S(=O)(Nc1cn2ccnc2c(Cl)c1Cc1ccc(I)cc1F)C1CC1.O=S(=O)(Nc1cn2cnnc2c(Cl)c1Cc1ccc(I)cc1F)C1(CCO)CC1. The van der Waals surface area contributed by atoms with Crippen LogP contribution >= 0.6 is 169 Å². The molecule has 9 aromatic heterocycles. The molecule has 5 saturated carbocycles. The summed E-state index contributed by atoms with van der Waals surface area (Å²) in [6.07, 6.45) is 24.9. The molecule has 137 heavy (non-hydrogen) atoms. The van der Waals surface area contributed by atoms with Crippen molar-refractivity contribution in [3.05, 3.63) is 300 Å². The maximum Gasteiger partial charge on any atom is 0.238 e. The van der Waals surface area contributed by atoms with Crippen LogP contribution in [-0.4, -0.2) is 139 Å². The van der Waals surface area contributed by atoms with Crippen molar-refractivity contribution in [2.24, 2.45) is 0 Å². The Bertz CT molecular complexity index is 7540. The zero-order valence-electron chi connectivity index (χ0n) is 71.3. The third kappa shape index (κ3) is 23.2. The van der Waals surface area contributed by atoms with Crippen molar-refractivity contribution in [1.29, 1.82) is 0 Å². The number of hydrogen-bond acceptors (Lipinski definition) is 19. The first-order valence-electron chi connectivity index (χ1n) is 42.0. The fourth-order valence-electron chi connectivity index (χ4n) is 15.3. The predicted molar refractivity (Wildman–Crippen MR) is 556 cm³/mol. The highest BCUT2D eigenvalue weighted by molar-refractivity contribution is 14.1. The van der Waals surface area contributed by atoms with Gasteiger partial charge in [-0.3, -0.25) is 28.0 Å². The number of aryl methyl sites for hydroxylation is 1. The summed E-state index contributed by atoms with van der Waals surface area (Å²) in [4.78, 5) is 12.7. The van der Waals surface area contributed by atoms with Gasteiger partial charge in [-0.25, -0.2) is 74.6 Å². The second-order valence-electron chi connectivity index (χ2n) is 33.4. The molecule has 0 amide bonds. The minimum absolute atomic E-state index is 0.00258. The number of halogens is 15. The third-order valence-corrected chi connectivity index (χ3v) is 39.1. The molecule has 0 spiro atoms. The Hall–Kier alpha value is -7.24. The van der Waals surface area contributed by atoms with Crippen LogP contribution in [0.25, 0.3) is 33.5 Å². The van der Waals surface area contributed by atoms with E-state index in [1.54, 1.807) is 124 Å². The quantitative estimate of drug-likeness (QED) is 0.0169. The number of aliphatic hydroxyl groups is 2. The standard InChI is InChI=1S/C19H18BrCl2N3O3S.C18H17ClFIN4O3S.C18H15F2IN2O3S.C17H14BrCl2N3O2S.C17H14ClFIN3O2S/c20-13-2-1-12(15(21)10-13)9-14-16(11-25-7-6-23-18(25)17(14)22)24-29(27,28)19(3-4-19)5-8-26;19-16-13(7-11-1-2-12(21)8-14(11)20)15(9-25-10-22-23-17(16)25)24-29(27,28)18(3-4-18)5-6-26;1-9-13-8-16(23-27(24,25)12-4-5-12)14(17(20)18(13)22-26-9)6-10-2-3-11(21)7-15(10)19;18-11-2-1-10(14(19)8-11)7-13-15(22-26(24,25)12-3-4-12)9-23-6-5-21-17(23)16(13)20;18-16-13(7-10-1-2-11(20)8-14(10)19)15(9-23-6-5-21-17(16)23)22-26(24,25)12-3-4-12/h1-2,6-7,10-11,24,26H,3-5,8-9H2;1-2,8-10,24,26H,3-7H2;2-3,7-8,12,23H,4-6H2,1H3;2*1-2,5-6,8-9,12,22H,3-4,7H2. The molecule has 0 aliphatic heterocycles. The van der Waals surface area contributed by atoms with E-state index >= 15 is 4.39 Å². The topological polar surface area (TPSA) is 379 Å². The summed E-state index contributed by atoms with van der Waals surface area (Å²) in [6.45, 7) is 1.23. The smallest absolute Gasteiger partial charge is 0.238 e. The van der Waals surface area contributed by atoms with E-state index in [0.29, 0.717) is 190 Å². The second-order valence-corrected chi connectivity index (χ2v) is 51.3. The van der Waals surface area contributed by atoms with Crippen molar-refractivity contribution in [3.8, 4) is 0 Å². The van der Waals surface area contributed by atoms with Gasteiger partial charge >= 0.3 is 0 Å². The number of fused-ring (bicyclic) bond motifs is 5. The lowest BCUT2D eigenvalue weighted by Gasteiger charge is -2.20. The lowest BCUT2D eigenvalue weighted by molar-refractivity contribution is 0.282. The van der Waals surface area contributed by atoms with Gasteiger partial charge in [0.25, 0.3) is 0 Å². The van der Waals surface area contributed by atoms with Crippen LogP contribution in [-0.2, 0) is 82.2 Å². The molecule has 7 N–H and O–H groups in total. The highest BCUT2D eigenvalue weighted by Crippen LogP contribution is 2.50. The van der Waals surface area contributed by atoms with Crippen molar-refractivity contribution in [1.82, 2.24) is 47.9 Å². The molecule has 0 radical (unpaired) electrons. The minimum Gasteiger partial charge on any atom is -0.396 e. The Labute approximate surface area is 871 Å². The molecule has 28 nitrogen and oxygen atoms in total. The highest BCUT2D eigenvalue weighted by atomic mass is 127. The van der Waals surface area contributed by atoms with E-state index in [1.165, 1.54) is 41.2 Å². The molecule has 5 aliphatic carbocycles. The summed E-state index contributed by atoms with van der Waals surface area (Å²) < 4.78 is 212. The summed E-state index contributed by atoms with van der Waals surface area (Å²) in [5.74, 6) is -1.57. The van der Waals surface area contributed by atoms with Gasteiger partial charge in [0.2, 0.25) is 50.1 Å². The van der Waals surface area contributed by atoms with Crippen molar-refractivity contribution in [2.75, 3.05) is 36.8 Å². The lowest BCUT2D eigenvalue weighted by Crippen LogP contribution is -2.31. The molecule has 5 fully saturated rings. The fourth-order valence-corrected chi connectivity index (χ4v) is 26.9. The molecular weight excluding hydrogens is 2480 g/mol. The van der Waals surface area contributed by atoms with Crippen molar-refractivity contribution in [3.63, 3.8) is 0 Å². The molecule has 5 aliphatic rings. The molecule has 20 rings (SSSR count). The molecule has 0 bridgehead atoms. The van der Waals surface area contributed by atoms with Crippen molar-refractivity contribution in [2.45, 2.75) is 141 Å². The van der Waals surface area contributed by atoms with Crippen molar-refractivity contribution >= 4 is 281 Å². The Morgan fingerprint density at radius 3 is 1.11 bits per heavy atom. The molecular formula is C89H78Br2Cl6F4I3N15O13S5. The van der Waals surface area contributed by atoms with Gasteiger partial charge in [0.15, 0.2) is 28.4 Å². The highest BCUT2D eigenvalue weighted by Gasteiger charge is 2.55. The summed E-state index contributed by atoms with van der Waals surface area (Å²) >= 11 is 51.8. The van der Waals surface area contributed by atoms with Crippen molar-refractivity contribution < 1.29 is 74.4 Å². The number of hydrogen-bond donors (Lipinski definition) is 7. The summed E-state index contributed by atoms with van der Waals surface area (Å²) in [5, 5.41) is 31.6. The summed E-state index contributed by atoms with van der Waals surface area (Å²) in [7, 11) is -18.0. The average Bonchev–Trinajstić information content (AvgIpc) is 1.58. The molecule has 0 saturated heterocycles. The van der Waals surface area contributed by atoms with E-state index in [9.17, 15) is 65.5 Å². The Morgan fingerprint density at radius 2 is 0.766 bits per heavy atom. The maximum atomic E-state index is 15.2. The Kier molecular flexibility index (Phi) is 31.2. The molecule has 48 heteroatoms. The summed E-state index contributed by atoms with van der Waals surface area (Å²) in [6, 6.07) is 27.0. The number of rotatable bonds is 29. The normalized spacial score (nSPS) is 15.1. The number of pyridine rings is 4. The van der Waals surface area contributed by atoms with Crippen LogP contribution in [0.4, 0.5) is 46.0 Å². The van der Waals surface area contributed by atoms with Crippen LogP contribution in [0.3, 0.4) is 0 Å². The minimum atomic E-state index is -3.78. The van der Waals surface area contributed by atoms with Crippen LogP contribution in [0.5, 0.6) is 0 Å². The van der Waals surface area contributed by atoms with Crippen LogP contribution < -0.4 is 23.6 Å². The van der Waals surface area contributed by atoms with Gasteiger partial charge < -0.3 is 27.9 Å². The Balaban J connectivity index is 0.000000124. The van der Waals surface area contributed by atoms with Crippen LogP contribution in [0.15, 0.2) is 179 Å². The second kappa shape index (κ2) is 41.6. The monoisotopic (exact) mass is 2550 g/mol. The number of imidazole rings is 3. The fraction of sp³-hybridized carbons (Fsp3) is 0.281. The van der Waals surface area contributed by atoms with Gasteiger partial charge in [0.1, 0.15) is 35.1 Å². The van der Waals surface area contributed by atoms with Gasteiger partial charge in [0, 0.05) is 170 Å². The van der Waals surface area contributed by atoms with E-state index in [0.717, 1.165) is 27.2 Å². The van der Waals surface area contributed by atoms with Gasteiger partial charge in [-0.15, -0.1) is 10.2 Å².